The van der Waals surface area contributed by atoms with Crippen molar-refractivity contribution < 1.29 is 14.7 Å². The van der Waals surface area contributed by atoms with Gasteiger partial charge in [0.2, 0.25) is 0 Å². The van der Waals surface area contributed by atoms with E-state index in [1.165, 1.54) is 9.13 Å². The second kappa shape index (κ2) is 6.27. The lowest BCUT2D eigenvalue weighted by Gasteiger charge is -2.15. The normalized spacial score (nSPS) is 12.1. The van der Waals surface area contributed by atoms with E-state index in [4.69, 9.17) is 0 Å². The smallest absolute Gasteiger partial charge is 0.330 e. The van der Waals surface area contributed by atoms with Gasteiger partial charge in [0.1, 0.15) is 0 Å². The minimum Gasteiger partial charge on any atom is -0.479 e. The molecule has 0 radical (unpaired) electrons. The predicted molar refractivity (Wildman–Crippen MR) is 92.4 cm³/mol. The van der Waals surface area contributed by atoms with E-state index in [0.29, 0.717) is 22.2 Å². The quantitative estimate of drug-likeness (QED) is 0.752. The number of benzene rings is 2. The molecule has 1 aromatic heterocycles. The molecule has 0 fully saturated rings. The Hall–Kier alpha value is -3.35. The number of hydrogen-bond donors (Lipinski definition) is 2. The maximum Gasteiger partial charge on any atom is 0.330 e. The summed E-state index contributed by atoms with van der Waals surface area (Å²) < 4.78 is 2.92. The topological polar surface area (TPSA) is 93.3 Å². The van der Waals surface area contributed by atoms with Gasteiger partial charge in [-0.3, -0.25) is 13.9 Å². The number of nitrogens with zero attached hydrogens (tertiary/aromatic N) is 2. The van der Waals surface area contributed by atoms with Crippen molar-refractivity contribution in [3.05, 3.63) is 70.1 Å². The van der Waals surface area contributed by atoms with Gasteiger partial charge in [0.05, 0.1) is 11.0 Å². The zero-order valence-electron chi connectivity index (χ0n) is 13.8. The summed E-state index contributed by atoms with van der Waals surface area (Å²) in [6.45, 7) is 0. The van der Waals surface area contributed by atoms with Crippen molar-refractivity contribution in [3.8, 4) is 0 Å². The number of imidazole rings is 1. The van der Waals surface area contributed by atoms with Crippen LogP contribution in [0.2, 0.25) is 0 Å². The van der Waals surface area contributed by atoms with E-state index in [9.17, 15) is 19.5 Å². The third-order valence-electron chi connectivity index (χ3n) is 4.19. The van der Waals surface area contributed by atoms with Crippen LogP contribution in [-0.4, -0.2) is 26.1 Å². The van der Waals surface area contributed by atoms with E-state index in [1.54, 1.807) is 62.6 Å². The van der Waals surface area contributed by atoms with Crippen molar-refractivity contribution in [1.29, 1.82) is 0 Å². The van der Waals surface area contributed by atoms with Gasteiger partial charge in [0, 0.05) is 19.7 Å². The summed E-state index contributed by atoms with van der Waals surface area (Å²) in [5.41, 5.74) is 1.86. The number of carboxylic acids is 1. The number of carbonyl (C=O) groups is 2. The number of rotatable bonds is 4. The maximum absolute atomic E-state index is 12.3. The minimum atomic E-state index is -1.22. The second-order valence-corrected chi connectivity index (χ2v) is 5.76. The van der Waals surface area contributed by atoms with Gasteiger partial charge in [-0.1, -0.05) is 24.3 Å². The van der Waals surface area contributed by atoms with E-state index in [1.807, 2.05) is 0 Å². The molecule has 0 bridgehead atoms. The molecule has 0 aliphatic rings. The number of fused-ring (bicyclic) bond motifs is 1. The molecule has 1 atom stereocenters. The Morgan fingerprint density at radius 2 is 1.64 bits per heavy atom. The van der Waals surface area contributed by atoms with Crippen molar-refractivity contribution in [2.75, 3.05) is 0 Å². The van der Waals surface area contributed by atoms with Gasteiger partial charge in [-0.2, -0.15) is 0 Å². The van der Waals surface area contributed by atoms with E-state index in [0.717, 1.165) is 0 Å². The number of hydrogen-bond acceptors (Lipinski definition) is 3. The molecule has 1 heterocycles. The third-order valence-corrected chi connectivity index (χ3v) is 4.19. The van der Waals surface area contributed by atoms with Crippen LogP contribution in [0, 0.1) is 0 Å². The first-order valence-corrected chi connectivity index (χ1v) is 7.64. The number of aromatic nitrogens is 2. The average molecular weight is 339 g/mol. The summed E-state index contributed by atoms with van der Waals surface area (Å²) in [5, 5.41) is 12.1. The number of carboxylic acid groups (broad SMARTS) is 1. The highest BCUT2D eigenvalue weighted by Gasteiger charge is 2.23. The second-order valence-electron chi connectivity index (χ2n) is 5.76. The van der Waals surface area contributed by atoms with Gasteiger partial charge in [0.15, 0.2) is 6.04 Å². The van der Waals surface area contributed by atoms with Crippen LogP contribution in [0.3, 0.4) is 0 Å². The van der Waals surface area contributed by atoms with E-state index >= 15 is 0 Å². The Balaban J connectivity index is 2.00. The molecule has 0 aliphatic carbocycles. The number of aryl methyl sites for hydroxylation is 2. The summed E-state index contributed by atoms with van der Waals surface area (Å²) in [7, 11) is 3.27. The molecule has 0 saturated carbocycles. The molecule has 0 aliphatic heterocycles. The predicted octanol–water partition coefficient (Wildman–Crippen LogP) is 1.43. The Kier molecular flexibility index (Phi) is 4.14. The summed E-state index contributed by atoms with van der Waals surface area (Å²) in [5.74, 6) is -1.65. The van der Waals surface area contributed by atoms with Crippen molar-refractivity contribution in [1.82, 2.24) is 14.5 Å². The van der Waals surface area contributed by atoms with Crippen LogP contribution in [0.5, 0.6) is 0 Å². The Labute approximate surface area is 143 Å². The average Bonchev–Trinajstić information content (AvgIpc) is 2.84. The molecule has 2 N–H and O–H groups in total. The lowest BCUT2D eigenvalue weighted by atomic mass is 10.1. The lowest BCUT2D eigenvalue weighted by Crippen LogP contribution is -2.33. The fraction of sp³-hybridized carbons (Fsp3) is 0.167. The van der Waals surface area contributed by atoms with Crippen LogP contribution in [0.25, 0.3) is 11.0 Å². The monoisotopic (exact) mass is 339 g/mol. The number of carbonyl (C=O) groups excluding carboxylic acids is 1. The van der Waals surface area contributed by atoms with Crippen LogP contribution in [0.4, 0.5) is 0 Å². The molecular weight excluding hydrogens is 322 g/mol. The first-order chi connectivity index (χ1) is 11.9. The lowest BCUT2D eigenvalue weighted by molar-refractivity contribution is -0.139. The Morgan fingerprint density at radius 1 is 1.00 bits per heavy atom. The minimum absolute atomic E-state index is 0.202. The van der Waals surface area contributed by atoms with Gasteiger partial charge in [0.25, 0.3) is 5.91 Å². The van der Waals surface area contributed by atoms with Crippen molar-refractivity contribution >= 4 is 22.9 Å². The van der Waals surface area contributed by atoms with Crippen molar-refractivity contribution in [2.24, 2.45) is 14.1 Å². The van der Waals surface area contributed by atoms with Gasteiger partial charge in [-0.15, -0.1) is 0 Å². The largest absolute Gasteiger partial charge is 0.479 e. The standard InChI is InChI=1S/C18H17N3O4/c1-20-13-9-8-12(10-14(13)21(2)18(20)25)15(17(23)24)19-16(22)11-6-4-3-5-7-11/h3-10,15H,1-2H3,(H,19,22)(H,23,24)/t15-/m0/s1. The molecule has 3 aromatic rings. The zero-order valence-corrected chi connectivity index (χ0v) is 13.8. The summed E-state index contributed by atoms with van der Waals surface area (Å²) >= 11 is 0. The van der Waals surface area contributed by atoms with Gasteiger partial charge in [-0.05, 0) is 29.8 Å². The summed E-state index contributed by atoms with van der Waals surface area (Å²) in [6.07, 6.45) is 0. The van der Waals surface area contributed by atoms with Crippen molar-refractivity contribution in [2.45, 2.75) is 6.04 Å². The molecular formula is C18H17N3O4. The molecule has 1 amide bonds. The molecule has 0 unspecified atom stereocenters. The van der Waals surface area contributed by atoms with E-state index in [-0.39, 0.29) is 5.69 Å². The highest BCUT2D eigenvalue weighted by atomic mass is 16.4. The van der Waals surface area contributed by atoms with Crippen LogP contribution >= 0.6 is 0 Å². The molecule has 3 rings (SSSR count). The molecule has 0 saturated heterocycles. The van der Waals surface area contributed by atoms with Gasteiger partial charge >= 0.3 is 11.7 Å². The highest BCUT2D eigenvalue weighted by molar-refractivity contribution is 5.97. The fourth-order valence-corrected chi connectivity index (χ4v) is 2.79. The van der Waals surface area contributed by atoms with Gasteiger partial charge < -0.3 is 10.4 Å². The van der Waals surface area contributed by atoms with Crippen molar-refractivity contribution in [3.63, 3.8) is 0 Å². The summed E-state index contributed by atoms with van der Waals surface area (Å²) in [4.78, 5) is 36.0. The maximum atomic E-state index is 12.3. The Morgan fingerprint density at radius 3 is 2.28 bits per heavy atom. The van der Waals surface area contributed by atoms with Crippen LogP contribution < -0.4 is 11.0 Å². The zero-order chi connectivity index (χ0) is 18.1. The number of aliphatic carboxylic acids is 1. The SMILES string of the molecule is Cn1c(=O)n(C)c2cc([C@H](NC(=O)c3ccccc3)C(=O)O)ccc21. The Bertz CT molecular complexity index is 1020. The molecule has 25 heavy (non-hydrogen) atoms. The summed E-state index contributed by atoms with van der Waals surface area (Å²) in [6, 6.07) is 12.1. The molecule has 128 valence electrons. The van der Waals surface area contributed by atoms with E-state index in [2.05, 4.69) is 5.32 Å². The van der Waals surface area contributed by atoms with Crippen LogP contribution in [-0.2, 0) is 18.9 Å². The van der Waals surface area contributed by atoms with E-state index < -0.39 is 17.9 Å². The third kappa shape index (κ3) is 2.91. The first-order valence-electron chi connectivity index (χ1n) is 7.64. The molecule has 7 nitrogen and oxygen atoms in total. The number of amides is 1. The van der Waals surface area contributed by atoms with Crippen LogP contribution in [0.1, 0.15) is 22.0 Å². The highest BCUT2D eigenvalue weighted by Crippen LogP contribution is 2.20. The van der Waals surface area contributed by atoms with Gasteiger partial charge in [-0.25, -0.2) is 9.59 Å². The first kappa shape index (κ1) is 16.5. The molecule has 0 spiro atoms. The molecule has 7 heteroatoms. The molecule has 2 aromatic carbocycles. The van der Waals surface area contributed by atoms with Crippen LogP contribution in [0.15, 0.2) is 53.3 Å². The number of nitrogens with one attached hydrogen (secondary N) is 1. The fourth-order valence-electron chi connectivity index (χ4n) is 2.79.